The van der Waals surface area contributed by atoms with Gasteiger partial charge in [0, 0.05) is 43.2 Å². The van der Waals surface area contributed by atoms with Gasteiger partial charge in [0.25, 0.3) is 5.91 Å². The quantitative estimate of drug-likeness (QED) is 0.464. The van der Waals surface area contributed by atoms with Crippen molar-refractivity contribution in [3.8, 4) is 11.5 Å². The van der Waals surface area contributed by atoms with Crippen LogP contribution in [0.25, 0.3) is 0 Å². The molecule has 2 aromatic carbocycles. The molecule has 0 fully saturated rings. The minimum absolute atomic E-state index is 0.132. The Balaban J connectivity index is 1.84. The highest BCUT2D eigenvalue weighted by molar-refractivity contribution is 6.30. The first-order valence-corrected chi connectivity index (χ1v) is 10.3. The molecule has 6 nitrogen and oxygen atoms in total. The Morgan fingerprint density at radius 3 is 2.58 bits per heavy atom. The Hall–Kier alpha value is -2.96. The standard InChI is InChI=1S/C24H27ClN2O4/c1-29-13-12-27(24(28)22-10-9-21(30-2)15-23(22)31-3)17-20-8-5-11-26(20)16-18-6-4-7-19(25)14-18/h4-11,14-15H,12-13,16-17H2,1-3H3. The highest BCUT2D eigenvalue weighted by Crippen LogP contribution is 2.26. The van der Waals surface area contributed by atoms with E-state index in [4.69, 9.17) is 25.8 Å². The number of aromatic nitrogens is 1. The molecule has 0 saturated carbocycles. The molecule has 0 bridgehead atoms. The molecule has 0 aliphatic rings. The molecule has 0 spiro atoms. The summed E-state index contributed by atoms with van der Waals surface area (Å²) in [5.41, 5.74) is 2.58. The number of halogens is 1. The zero-order chi connectivity index (χ0) is 22.2. The highest BCUT2D eigenvalue weighted by Gasteiger charge is 2.21. The van der Waals surface area contributed by atoms with Gasteiger partial charge in [0.2, 0.25) is 0 Å². The first-order valence-electron chi connectivity index (χ1n) is 9.94. The third-order valence-corrected chi connectivity index (χ3v) is 5.25. The van der Waals surface area contributed by atoms with Gasteiger partial charge in [0.15, 0.2) is 0 Å². The number of ether oxygens (including phenoxy) is 3. The number of methoxy groups -OCH3 is 3. The summed E-state index contributed by atoms with van der Waals surface area (Å²) in [6.45, 7) is 1.98. The van der Waals surface area contributed by atoms with Gasteiger partial charge in [-0.1, -0.05) is 23.7 Å². The normalized spacial score (nSPS) is 10.7. The summed E-state index contributed by atoms with van der Waals surface area (Å²) < 4.78 is 18.0. The van der Waals surface area contributed by atoms with Crippen LogP contribution < -0.4 is 9.47 Å². The van der Waals surface area contributed by atoms with Crippen molar-refractivity contribution < 1.29 is 19.0 Å². The van der Waals surface area contributed by atoms with E-state index in [1.165, 1.54) is 0 Å². The van der Waals surface area contributed by atoms with Crippen molar-refractivity contribution >= 4 is 17.5 Å². The molecular formula is C24H27ClN2O4. The van der Waals surface area contributed by atoms with E-state index >= 15 is 0 Å². The summed E-state index contributed by atoms with van der Waals surface area (Å²) in [6, 6.07) is 17.0. The van der Waals surface area contributed by atoms with E-state index in [2.05, 4.69) is 4.57 Å². The van der Waals surface area contributed by atoms with Gasteiger partial charge in [0.1, 0.15) is 11.5 Å². The average Bonchev–Trinajstić information content (AvgIpc) is 3.22. The predicted molar refractivity (Wildman–Crippen MR) is 121 cm³/mol. The predicted octanol–water partition coefficient (Wildman–Crippen LogP) is 4.50. The Labute approximate surface area is 187 Å². The summed E-state index contributed by atoms with van der Waals surface area (Å²) in [5.74, 6) is 0.973. The summed E-state index contributed by atoms with van der Waals surface area (Å²) in [5, 5.41) is 0.703. The molecule has 0 aliphatic carbocycles. The third kappa shape index (κ3) is 5.81. The summed E-state index contributed by atoms with van der Waals surface area (Å²) in [4.78, 5) is 15.2. The van der Waals surface area contributed by atoms with Crippen LogP contribution >= 0.6 is 11.6 Å². The fraction of sp³-hybridized carbons (Fsp3) is 0.292. The van der Waals surface area contributed by atoms with Crippen molar-refractivity contribution in [1.29, 1.82) is 0 Å². The van der Waals surface area contributed by atoms with Gasteiger partial charge in [0.05, 0.1) is 32.9 Å². The van der Waals surface area contributed by atoms with Crippen LogP contribution in [0.15, 0.2) is 60.8 Å². The van der Waals surface area contributed by atoms with Crippen molar-refractivity contribution in [2.24, 2.45) is 0 Å². The second kappa shape index (κ2) is 10.9. The van der Waals surface area contributed by atoms with Crippen LogP contribution in [-0.4, -0.2) is 49.9 Å². The monoisotopic (exact) mass is 442 g/mol. The Bertz CT molecular complexity index is 1020. The molecule has 3 aromatic rings. The first-order chi connectivity index (χ1) is 15.0. The second-order valence-corrected chi connectivity index (χ2v) is 7.48. The SMILES string of the molecule is COCCN(Cc1cccn1Cc1cccc(Cl)c1)C(=O)c1ccc(OC)cc1OC. The number of nitrogens with zero attached hydrogens (tertiary/aromatic N) is 2. The van der Waals surface area contributed by atoms with Crippen molar-refractivity contribution in [3.63, 3.8) is 0 Å². The summed E-state index contributed by atoms with van der Waals surface area (Å²) in [7, 11) is 4.74. The zero-order valence-electron chi connectivity index (χ0n) is 18.0. The maximum Gasteiger partial charge on any atom is 0.258 e. The minimum atomic E-state index is -0.132. The maximum absolute atomic E-state index is 13.4. The first kappa shape index (κ1) is 22.7. The smallest absolute Gasteiger partial charge is 0.258 e. The fourth-order valence-electron chi connectivity index (χ4n) is 3.37. The number of carbonyl (C=O) groups is 1. The number of hydrogen-bond donors (Lipinski definition) is 0. The molecule has 1 amide bonds. The Morgan fingerprint density at radius 2 is 1.87 bits per heavy atom. The number of benzene rings is 2. The number of carbonyl (C=O) groups excluding carboxylic acids is 1. The lowest BCUT2D eigenvalue weighted by Gasteiger charge is -2.24. The summed E-state index contributed by atoms with van der Waals surface area (Å²) in [6.07, 6.45) is 2.00. The molecule has 1 heterocycles. The fourth-order valence-corrected chi connectivity index (χ4v) is 3.59. The lowest BCUT2D eigenvalue weighted by Crippen LogP contribution is -2.34. The molecule has 0 unspecified atom stereocenters. The van der Waals surface area contributed by atoms with Crippen molar-refractivity contribution in [2.45, 2.75) is 13.1 Å². The van der Waals surface area contributed by atoms with Crippen LogP contribution in [0.1, 0.15) is 21.6 Å². The van der Waals surface area contributed by atoms with Crippen LogP contribution in [0.3, 0.4) is 0 Å². The molecule has 0 saturated heterocycles. The molecule has 0 atom stereocenters. The molecular weight excluding hydrogens is 416 g/mol. The second-order valence-electron chi connectivity index (χ2n) is 7.04. The number of amides is 1. The van der Waals surface area contributed by atoms with Gasteiger partial charge in [-0.3, -0.25) is 4.79 Å². The van der Waals surface area contributed by atoms with E-state index in [0.717, 1.165) is 11.3 Å². The molecule has 1 aromatic heterocycles. The summed E-state index contributed by atoms with van der Waals surface area (Å²) >= 11 is 6.13. The maximum atomic E-state index is 13.4. The van der Waals surface area contributed by atoms with Crippen molar-refractivity contribution in [2.75, 3.05) is 34.5 Å². The van der Waals surface area contributed by atoms with Crippen LogP contribution in [0.2, 0.25) is 5.02 Å². The largest absolute Gasteiger partial charge is 0.497 e. The van der Waals surface area contributed by atoms with Crippen LogP contribution in [-0.2, 0) is 17.8 Å². The van der Waals surface area contributed by atoms with Crippen LogP contribution in [0, 0.1) is 0 Å². The number of rotatable bonds is 10. The third-order valence-electron chi connectivity index (χ3n) is 5.01. The van der Waals surface area contributed by atoms with Crippen molar-refractivity contribution in [3.05, 3.63) is 82.6 Å². The Morgan fingerprint density at radius 1 is 1.03 bits per heavy atom. The van der Waals surface area contributed by atoms with E-state index in [9.17, 15) is 4.79 Å². The van der Waals surface area contributed by atoms with Gasteiger partial charge >= 0.3 is 0 Å². The molecule has 0 aliphatic heterocycles. The number of hydrogen-bond acceptors (Lipinski definition) is 4. The van der Waals surface area contributed by atoms with Crippen LogP contribution in [0.4, 0.5) is 0 Å². The molecule has 7 heteroatoms. The van der Waals surface area contributed by atoms with Gasteiger partial charge in [-0.25, -0.2) is 0 Å². The molecule has 31 heavy (non-hydrogen) atoms. The van der Waals surface area contributed by atoms with Crippen LogP contribution in [0.5, 0.6) is 11.5 Å². The lowest BCUT2D eigenvalue weighted by molar-refractivity contribution is 0.0672. The van der Waals surface area contributed by atoms with E-state index < -0.39 is 0 Å². The van der Waals surface area contributed by atoms with E-state index in [0.29, 0.717) is 48.3 Å². The Kier molecular flexibility index (Phi) is 7.98. The molecule has 0 radical (unpaired) electrons. The minimum Gasteiger partial charge on any atom is -0.497 e. The van der Waals surface area contributed by atoms with Crippen molar-refractivity contribution in [1.82, 2.24) is 9.47 Å². The molecule has 164 valence electrons. The van der Waals surface area contributed by atoms with Gasteiger partial charge in [-0.15, -0.1) is 0 Å². The van der Waals surface area contributed by atoms with Gasteiger partial charge in [-0.2, -0.15) is 0 Å². The molecule has 3 rings (SSSR count). The topological polar surface area (TPSA) is 52.9 Å². The zero-order valence-corrected chi connectivity index (χ0v) is 18.8. The highest BCUT2D eigenvalue weighted by atomic mass is 35.5. The van der Waals surface area contributed by atoms with E-state index in [1.807, 2.05) is 42.6 Å². The average molecular weight is 443 g/mol. The lowest BCUT2D eigenvalue weighted by atomic mass is 10.1. The van der Waals surface area contributed by atoms with Gasteiger partial charge in [-0.05, 0) is 42.0 Å². The molecule has 0 N–H and O–H groups in total. The van der Waals surface area contributed by atoms with Gasteiger partial charge < -0.3 is 23.7 Å². The van der Waals surface area contributed by atoms with E-state index in [1.54, 1.807) is 44.4 Å². The van der Waals surface area contributed by atoms with E-state index in [-0.39, 0.29) is 5.91 Å².